The lowest BCUT2D eigenvalue weighted by molar-refractivity contribution is 0.261. The molecule has 7 nitrogen and oxygen atoms in total. The van der Waals surface area contributed by atoms with Crippen molar-refractivity contribution in [1.29, 1.82) is 0 Å². The Morgan fingerprint density at radius 3 is 2.77 bits per heavy atom. The largest absolute Gasteiger partial charge is 0.491 e. The predicted octanol–water partition coefficient (Wildman–Crippen LogP) is 5.84. The van der Waals surface area contributed by atoms with Gasteiger partial charge in [0.25, 0.3) is 0 Å². The van der Waals surface area contributed by atoms with Crippen molar-refractivity contribution in [1.82, 2.24) is 30.0 Å². The molecule has 0 spiro atoms. The molecule has 0 saturated carbocycles. The van der Waals surface area contributed by atoms with Crippen LogP contribution in [0.15, 0.2) is 72.5 Å². The highest BCUT2D eigenvalue weighted by Gasteiger charge is 2.15. The van der Waals surface area contributed by atoms with E-state index in [2.05, 4.69) is 77.9 Å². The minimum atomic E-state index is 0.602. The quantitative estimate of drug-likeness (QED) is 0.300. The van der Waals surface area contributed by atoms with Crippen LogP contribution in [0, 0.1) is 0 Å². The Morgan fingerprint density at radius 2 is 1.91 bits per heavy atom. The summed E-state index contributed by atoms with van der Waals surface area (Å²) in [6, 6.07) is 16.8. The number of hydrogen-bond donors (Lipinski definition) is 2. The average Bonchev–Trinajstić information content (AvgIpc) is 3.62. The highest BCUT2D eigenvalue weighted by Crippen LogP contribution is 2.36. The van der Waals surface area contributed by atoms with E-state index in [1.807, 2.05) is 32.6 Å². The first-order chi connectivity index (χ1) is 17.2. The standard InChI is InChI=1S/C27H24N6OS/c1-33(2)8-9-34-18-11-17(14-28-15-18)23-13-21-25(16-29-23)31-32-27(21)24-12-20-19(26-7-4-10-35-26)5-3-6-22(20)30-24/h3-7,10-16,30H,8-9H2,1-2H3,(H,31,32). The molecule has 0 unspecified atom stereocenters. The molecule has 0 fully saturated rings. The minimum absolute atomic E-state index is 0.602. The average molecular weight is 481 g/mol. The van der Waals surface area contributed by atoms with Gasteiger partial charge in [-0.3, -0.25) is 15.1 Å². The van der Waals surface area contributed by atoms with Gasteiger partial charge in [-0.15, -0.1) is 11.3 Å². The number of fused-ring (bicyclic) bond motifs is 2. The van der Waals surface area contributed by atoms with Crippen LogP contribution in [0.3, 0.4) is 0 Å². The van der Waals surface area contributed by atoms with Crippen molar-refractivity contribution < 1.29 is 4.74 Å². The summed E-state index contributed by atoms with van der Waals surface area (Å²) < 4.78 is 5.87. The number of likely N-dealkylation sites (N-methyl/N-ethyl adjacent to an activating group) is 1. The van der Waals surface area contributed by atoms with Crippen LogP contribution < -0.4 is 4.74 Å². The number of nitrogens with one attached hydrogen (secondary N) is 2. The van der Waals surface area contributed by atoms with Crippen LogP contribution in [0.25, 0.3) is 54.9 Å². The van der Waals surface area contributed by atoms with Crippen LogP contribution in [-0.2, 0) is 0 Å². The van der Waals surface area contributed by atoms with Crippen LogP contribution in [0.4, 0.5) is 0 Å². The predicted molar refractivity (Wildman–Crippen MR) is 142 cm³/mol. The van der Waals surface area contributed by atoms with Gasteiger partial charge in [0.2, 0.25) is 0 Å². The second-order valence-electron chi connectivity index (χ2n) is 8.68. The summed E-state index contributed by atoms with van der Waals surface area (Å²) >= 11 is 1.74. The third-order valence-electron chi connectivity index (χ3n) is 5.97. The normalized spacial score (nSPS) is 11.6. The first-order valence-electron chi connectivity index (χ1n) is 11.4. The van der Waals surface area contributed by atoms with Crippen molar-refractivity contribution in [3.8, 4) is 38.8 Å². The molecule has 1 aromatic carbocycles. The molecule has 0 amide bonds. The smallest absolute Gasteiger partial charge is 0.138 e. The van der Waals surface area contributed by atoms with Gasteiger partial charge in [-0.2, -0.15) is 5.10 Å². The van der Waals surface area contributed by atoms with E-state index in [0.29, 0.717) is 6.61 Å². The molecule has 0 bridgehead atoms. The van der Waals surface area contributed by atoms with Crippen molar-refractivity contribution in [3.05, 3.63) is 72.5 Å². The Labute approximate surface area is 206 Å². The maximum absolute atomic E-state index is 5.87. The number of H-pyrrole nitrogens is 2. The Balaban J connectivity index is 1.38. The molecule has 0 radical (unpaired) electrons. The van der Waals surface area contributed by atoms with Crippen molar-refractivity contribution >= 4 is 33.1 Å². The number of ether oxygens (including phenoxy) is 1. The van der Waals surface area contributed by atoms with Crippen molar-refractivity contribution in [2.45, 2.75) is 0 Å². The monoisotopic (exact) mass is 480 g/mol. The van der Waals surface area contributed by atoms with Crippen molar-refractivity contribution in [2.75, 3.05) is 27.2 Å². The maximum Gasteiger partial charge on any atom is 0.138 e. The van der Waals surface area contributed by atoms with E-state index in [9.17, 15) is 0 Å². The van der Waals surface area contributed by atoms with Crippen molar-refractivity contribution in [2.24, 2.45) is 0 Å². The number of aromatic amines is 2. The van der Waals surface area contributed by atoms with Gasteiger partial charge in [0.1, 0.15) is 18.1 Å². The molecule has 174 valence electrons. The topological polar surface area (TPSA) is 82.7 Å². The van der Waals surface area contributed by atoms with Crippen LogP contribution in [0.1, 0.15) is 0 Å². The van der Waals surface area contributed by atoms with Crippen LogP contribution in [0.2, 0.25) is 0 Å². The Kier molecular flexibility index (Phi) is 5.52. The molecule has 6 rings (SSSR count). The van der Waals surface area contributed by atoms with Gasteiger partial charge < -0.3 is 14.6 Å². The maximum atomic E-state index is 5.87. The van der Waals surface area contributed by atoms with E-state index in [1.165, 1.54) is 15.8 Å². The SMILES string of the molecule is CN(C)CCOc1cncc(-c2cc3c(-c4cc5c(-c6cccs6)cccc5[nH]4)n[nH]c3cn2)c1. The lowest BCUT2D eigenvalue weighted by atomic mass is 10.1. The first-order valence-corrected chi connectivity index (χ1v) is 12.3. The fourth-order valence-corrected chi connectivity index (χ4v) is 4.96. The minimum Gasteiger partial charge on any atom is -0.491 e. The van der Waals surface area contributed by atoms with Gasteiger partial charge >= 0.3 is 0 Å². The van der Waals surface area contributed by atoms with Gasteiger partial charge in [0.05, 0.1) is 29.3 Å². The number of pyridine rings is 2. The molecule has 8 heteroatoms. The summed E-state index contributed by atoms with van der Waals surface area (Å²) in [5.74, 6) is 0.732. The number of hydrogen-bond acceptors (Lipinski definition) is 6. The lowest BCUT2D eigenvalue weighted by Gasteiger charge is -2.11. The van der Waals surface area contributed by atoms with E-state index in [0.717, 1.165) is 51.4 Å². The third-order valence-corrected chi connectivity index (χ3v) is 6.87. The summed E-state index contributed by atoms with van der Waals surface area (Å²) in [5, 5.41) is 12.0. The molecule has 35 heavy (non-hydrogen) atoms. The Morgan fingerprint density at radius 1 is 0.971 bits per heavy atom. The van der Waals surface area contributed by atoms with E-state index >= 15 is 0 Å². The number of aromatic nitrogens is 5. The summed E-state index contributed by atoms with van der Waals surface area (Å²) in [4.78, 5) is 15.9. The van der Waals surface area contributed by atoms with E-state index in [4.69, 9.17) is 4.74 Å². The number of thiophene rings is 1. The molecule has 0 saturated heterocycles. The van der Waals surface area contributed by atoms with E-state index < -0.39 is 0 Å². The Hall–Kier alpha value is -4.01. The second kappa shape index (κ2) is 8.98. The van der Waals surface area contributed by atoms with Crippen LogP contribution >= 0.6 is 11.3 Å². The Bertz CT molecular complexity index is 1620. The summed E-state index contributed by atoms with van der Waals surface area (Å²) in [5.41, 5.74) is 6.74. The number of benzene rings is 1. The summed E-state index contributed by atoms with van der Waals surface area (Å²) in [6.07, 6.45) is 5.36. The van der Waals surface area contributed by atoms with Crippen LogP contribution in [0.5, 0.6) is 5.75 Å². The summed E-state index contributed by atoms with van der Waals surface area (Å²) in [7, 11) is 4.05. The summed E-state index contributed by atoms with van der Waals surface area (Å²) in [6.45, 7) is 1.44. The molecular weight excluding hydrogens is 456 g/mol. The molecule has 5 heterocycles. The van der Waals surface area contributed by atoms with E-state index in [1.54, 1.807) is 17.5 Å². The fourth-order valence-electron chi connectivity index (χ4n) is 4.19. The molecule has 0 aliphatic rings. The lowest BCUT2D eigenvalue weighted by Crippen LogP contribution is -2.19. The van der Waals surface area contributed by atoms with Gasteiger partial charge in [0, 0.05) is 45.0 Å². The second-order valence-corrected chi connectivity index (χ2v) is 9.62. The van der Waals surface area contributed by atoms with Gasteiger partial charge in [-0.25, -0.2) is 0 Å². The number of rotatable bonds is 7. The molecule has 0 aliphatic carbocycles. The molecule has 5 aromatic heterocycles. The fraction of sp³-hybridized carbons (Fsp3) is 0.148. The molecule has 6 aromatic rings. The van der Waals surface area contributed by atoms with Gasteiger partial charge in [-0.1, -0.05) is 18.2 Å². The van der Waals surface area contributed by atoms with Gasteiger partial charge in [-0.05, 0) is 49.8 Å². The zero-order valence-corrected chi connectivity index (χ0v) is 20.3. The highest BCUT2D eigenvalue weighted by atomic mass is 32.1. The highest BCUT2D eigenvalue weighted by molar-refractivity contribution is 7.13. The number of nitrogens with zero attached hydrogens (tertiary/aromatic N) is 4. The molecular formula is C27H24N6OS. The zero-order chi connectivity index (χ0) is 23.8. The molecule has 2 N–H and O–H groups in total. The third kappa shape index (κ3) is 4.18. The van der Waals surface area contributed by atoms with E-state index in [-0.39, 0.29) is 0 Å². The molecule has 0 aliphatic heterocycles. The van der Waals surface area contributed by atoms with Gasteiger partial charge in [0.15, 0.2) is 0 Å². The zero-order valence-electron chi connectivity index (χ0n) is 19.4. The van der Waals surface area contributed by atoms with Crippen molar-refractivity contribution in [3.63, 3.8) is 0 Å². The molecule has 0 atom stereocenters. The van der Waals surface area contributed by atoms with Crippen LogP contribution in [-0.4, -0.2) is 57.3 Å². The first kappa shape index (κ1) is 21.5.